The molecule has 0 spiro atoms. The van der Waals surface area contributed by atoms with Gasteiger partial charge in [-0.25, -0.2) is 8.78 Å². The Balaban J connectivity index is 1.70. The monoisotopic (exact) mass is 452 g/mol. The van der Waals surface area contributed by atoms with Crippen molar-refractivity contribution < 1.29 is 24.1 Å². The minimum atomic E-state index is -3.08. The maximum atomic E-state index is 14.3. The number of fused-ring (bicyclic) bond motifs is 1. The lowest BCUT2D eigenvalue weighted by Crippen LogP contribution is -2.43. The highest BCUT2D eigenvalue weighted by molar-refractivity contribution is 5.29. The maximum absolute atomic E-state index is 14.3. The molecule has 0 heterocycles. The fourth-order valence-electron chi connectivity index (χ4n) is 6.56. The van der Waals surface area contributed by atoms with Crippen molar-refractivity contribution in [3.8, 4) is 0 Å². The van der Waals surface area contributed by atoms with Gasteiger partial charge in [0.25, 0.3) is 5.92 Å². The Morgan fingerprint density at radius 2 is 1.78 bits per heavy atom. The molecule has 0 amide bonds. The Morgan fingerprint density at radius 3 is 2.38 bits per heavy atom. The van der Waals surface area contributed by atoms with E-state index in [-0.39, 0.29) is 17.8 Å². The van der Waals surface area contributed by atoms with Crippen LogP contribution < -0.4 is 0 Å². The van der Waals surface area contributed by atoms with Gasteiger partial charge in [0, 0.05) is 6.42 Å². The van der Waals surface area contributed by atoms with Crippen LogP contribution in [0, 0.1) is 23.2 Å². The first-order valence-corrected chi connectivity index (χ1v) is 12.3. The molecule has 3 aliphatic carbocycles. The molecule has 3 aliphatic rings. The molecule has 0 aromatic heterocycles. The second-order valence-corrected chi connectivity index (χ2v) is 11.5. The number of hydrogen-bond acceptors (Lipinski definition) is 3. The smallest absolute Gasteiger partial charge is 0.275 e. The quantitative estimate of drug-likeness (QED) is 0.437. The zero-order valence-electron chi connectivity index (χ0n) is 20.2. The van der Waals surface area contributed by atoms with E-state index in [0.717, 1.165) is 37.7 Å². The lowest BCUT2D eigenvalue weighted by molar-refractivity contribution is -0.168. The van der Waals surface area contributed by atoms with Crippen molar-refractivity contribution in [1.29, 1.82) is 0 Å². The maximum Gasteiger partial charge on any atom is 0.275 e. The summed E-state index contributed by atoms with van der Waals surface area (Å²) in [5, 5.41) is 30.0. The van der Waals surface area contributed by atoms with Crippen molar-refractivity contribution in [2.45, 2.75) is 109 Å². The molecule has 0 aliphatic heterocycles. The molecule has 3 rings (SSSR count). The van der Waals surface area contributed by atoms with E-state index in [1.54, 1.807) is 0 Å². The summed E-state index contributed by atoms with van der Waals surface area (Å²) >= 11 is 0. The molecule has 3 N–H and O–H groups in total. The first-order valence-electron chi connectivity index (χ1n) is 12.3. The van der Waals surface area contributed by atoms with Crippen LogP contribution in [0.25, 0.3) is 0 Å². The van der Waals surface area contributed by atoms with E-state index in [9.17, 15) is 24.1 Å². The Bertz CT molecular complexity index is 747. The van der Waals surface area contributed by atoms with Gasteiger partial charge in [-0.3, -0.25) is 0 Å². The molecule has 182 valence electrons. The highest BCUT2D eigenvalue weighted by Gasteiger charge is 2.51. The average Bonchev–Trinajstić information content (AvgIpc) is 3.05. The van der Waals surface area contributed by atoms with Crippen LogP contribution >= 0.6 is 0 Å². The Morgan fingerprint density at radius 1 is 1.16 bits per heavy atom. The third-order valence-corrected chi connectivity index (χ3v) is 8.83. The number of halogens is 2. The van der Waals surface area contributed by atoms with Gasteiger partial charge in [0.15, 0.2) is 0 Å². The highest BCUT2D eigenvalue weighted by Crippen LogP contribution is 2.60. The van der Waals surface area contributed by atoms with Crippen molar-refractivity contribution in [2.24, 2.45) is 23.2 Å². The molecule has 2 unspecified atom stereocenters. The van der Waals surface area contributed by atoms with E-state index >= 15 is 0 Å². The molecule has 3 fully saturated rings. The highest BCUT2D eigenvalue weighted by atomic mass is 19.3. The summed E-state index contributed by atoms with van der Waals surface area (Å²) in [6, 6.07) is 0. The van der Waals surface area contributed by atoms with Crippen LogP contribution in [0.5, 0.6) is 0 Å². The molecular weight excluding hydrogens is 410 g/mol. The van der Waals surface area contributed by atoms with E-state index in [1.807, 2.05) is 0 Å². The topological polar surface area (TPSA) is 60.7 Å². The van der Waals surface area contributed by atoms with Gasteiger partial charge in [-0.15, -0.1) is 0 Å². The summed E-state index contributed by atoms with van der Waals surface area (Å²) in [4.78, 5) is 0. The van der Waals surface area contributed by atoms with Gasteiger partial charge >= 0.3 is 0 Å². The van der Waals surface area contributed by atoms with Crippen LogP contribution in [0.2, 0.25) is 0 Å². The van der Waals surface area contributed by atoms with Crippen molar-refractivity contribution in [2.75, 3.05) is 0 Å². The van der Waals surface area contributed by atoms with E-state index < -0.39 is 23.7 Å². The fourth-order valence-corrected chi connectivity index (χ4v) is 6.56. The molecule has 3 saturated carbocycles. The van der Waals surface area contributed by atoms with Gasteiger partial charge in [-0.05, 0) is 94.0 Å². The van der Waals surface area contributed by atoms with Crippen LogP contribution in [-0.2, 0) is 0 Å². The summed E-state index contributed by atoms with van der Waals surface area (Å²) in [6.45, 7) is 10.6. The molecule has 0 radical (unpaired) electrons. The predicted molar refractivity (Wildman–Crippen MR) is 124 cm³/mol. The van der Waals surface area contributed by atoms with Crippen LogP contribution in [-0.4, -0.2) is 39.1 Å². The van der Waals surface area contributed by atoms with E-state index in [0.29, 0.717) is 36.7 Å². The minimum absolute atomic E-state index is 0.117. The zero-order valence-corrected chi connectivity index (χ0v) is 20.2. The SMILES string of the molecule is C=C1[C@H](O)CC(=C/C=C2\CCC[C@@]3(C)C2CCC3[C@@H](C)CCC(F)(F)C(C)(C)O)C[C@H]1O. The van der Waals surface area contributed by atoms with Crippen molar-refractivity contribution in [3.63, 3.8) is 0 Å². The van der Waals surface area contributed by atoms with E-state index in [4.69, 9.17) is 0 Å². The predicted octanol–water partition coefficient (Wildman–Crippen LogP) is 5.95. The lowest BCUT2D eigenvalue weighted by Gasteiger charge is -2.44. The summed E-state index contributed by atoms with van der Waals surface area (Å²) in [5.74, 6) is -2.03. The molecule has 5 heteroatoms. The molecule has 0 bridgehead atoms. The van der Waals surface area contributed by atoms with Gasteiger partial charge in [0.2, 0.25) is 0 Å². The molecule has 0 aromatic rings. The number of aliphatic hydroxyl groups excluding tert-OH is 2. The fraction of sp³-hybridized carbons (Fsp3) is 0.778. The number of rotatable bonds is 6. The Kier molecular flexibility index (Phi) is 7.44. The average molecular weight is 453 g/mol. The normalized spacial score (nSPS) is 36.3. The summed E-state index contributed by atoms with van der Waals surface area (Å²) in [5.41, 5.74) is 1.11. The van der Waals surface area contributed by atoms with Crippen LogP contribution in [0.15, 0.2) is 35.5 Å². The second kappa shape index (κ2) is 9.31. The molecule has 0 saturated heterocycles. The third kappa shape index (κ3) is 5.05. The Labute approximate surface area is 192 Å². The van der Waals surface area contributed by atoms with Crippen LogP contribution in [0.1, 0.15) is 85.5 Å². The minimum Gasteiger partial charge on any atom is -0.388 e. The van der Waals surface area contributed by atoms with Gasteiger partial charge in [-0.2, -0.15) is 0 Å². The first-order chi connectivity index (χ1) is 14.8. The second-order valence-electron chi connectivity index (χ2n) is 11.5. The first kappa shape index (κ1) is 25.6. The number of alkyl halides is 2. The van der Waals surface area contributed by atoms with E-state index in [1.165, 1.54) is 19.4 Å². The molecule has 0 aromatic carbocycles. The summed E-state index contributed by atoms with van der Waals surface area (Å²) < 4.78 is 28.6. The standard InChI is InChI=1S/C27H42F2O3/c1-17(12-14-27(28,29)25(3,4)32)21-10-11-22-20(7-6-13-26(21,22)5)9-8-19-15-23(30)18(2)24(31)16-19/h8-9,17,21-24,30-32H,2,6-7,10-16H2,1,3-5H3/b20-9+/t17-,21?,22?,23+,24+,26+/m0/s1. The summed E-state index contributed by atoms with van der Waals surface area (Å²) in [6.07, 6.45) is 9.55. The molecule has 32 heavy (non-hydrogen) atoms. The van der Waals surface area contributed by atoms with Gasteiger partial charge in [-0.1, -0.05) is 43.7 Å². The number of aliphatic hydroxyl groups is 3. The zero-order chi connectivity index (χ0) is 23.9. The largest absolute Gasteiger partial charge is 0.388 e. The Hall–Kier alpha value is -1.04. The van der Waals surface area contributed by atoms with Crippen LogP contribution in [0.3, 0.4) is 0 Å². The van der Waals surface area contributed by atoms with Gasteiger partial charge in [0.05, 0.1) is 12.2 Å². The van der Waals surface area contributed by atoms with Crippen molar-refractivity contribution in [1.82, 2.24) is 0 Å². The van der Waals surface area contributed by atoms with Gasteiger partial charge < -0.3 is 15.3 Å². The molecular formula is C27H42F2O3. The molecule has 6 atom stereocenters. The number of allylic oxidation sites excluding steroid dienone is 3. The van der Waals surface area contributed by atoms with Crippen molar-refractivity contribution >= 4 is 0 Å². The van der Waals surface area contributed by atoms with Gasteiger partial charge in [0.1, 0.15) is 5.60 Å². The summed E-state index contributed by atoms with van der Waals surface area (Å²) in [7, 11) is 0. The van der Waals surface area contributed by atoms with E-state index in [2.05, 4.69) is 32.6 Å². The lowest BCUT2D eigenvalue weighted by atomic mass is 9.60. The third-order valence-electron chi connectivity index (χ3n) is 8.83. The van der Waals surface area contributed by atoms with Crippen LogP contribution in [0.4, 0.5) is 8.78 Å². The molecule has 3 nitrogen and oxygen atoms in total. The van der Waals surface area contributed by atoms with Crippen molar-refractivity contribution in [3.05, 3.63) is 35.5 Å². The number of hydrogen-bond donors (Lipinski definition) is 3.